The summed E-state index contributed by atoms with van der Waals surface area (Å²) in [6.45, 7) is 2.74. The molecule has 0 saturated heterocycles. The molecule has 1 aromatic heterocycles. The smallest absolute Gasteiger partial charge is 0.111 e. The normalized spacial score (nSPS) is 31.3. The Balaban J connectivity index is 1.72. The summed E-state index contributed by atoms with van der Waals surface area (Å²) in [6.07, 6.45) is -4.21. The van der Waals surface area contributed by atoms with Crippen molar-refractivity contribution in [3.63, 3.8) is 0 Å². The SMILES string of the molecule is COCCCOCCCn1cc(CNC2[C@@H](O)[C@H](O)C(O)[C@H](O)[C@H]2O)nn1. The molecule has 0 amide bonds. The Bertz CT molecular complexity index is 531. The van der Waals surface area contributed by atoms with Gasteiger partial charge in [-0.15, -0.1) is 5.10 Å². The second kappa shape index (κ2) is 11.0. The Morgan fingerprint density at radius 2 is 1.59 bits per heavy atom. The van der Waals surface area contributed by atoms with Gasteiger partial charge >= 0.3 is 0 Å². The number of methoxy groups -OCH3 is 1. The number of aryl methyl sites for hydroxylation is 1. The van der Waals surface area contributed by atoms with Crippen LogP contribution in [-0.2, 0) is 22.6 Å². The summed E-state index contributed by atoms with van der Waals surface area (Å²) >= 11 is 0. The first-order valence-corrected chi connectivity index (χ1v) is 9.05. The minimum atomic E-state index is -1.61. The van der Waals surface area contributed by atoms with E-state index in [4.69, 9.17) is 9.47 Å². The highest BCUT2D eigenvalue weighted by molar-refractivity contribution is 5.03. The van der Waals surface area contributed by atoms with Crippen molar-refractivity contribution in [1.29, 1.82) is 0 Å². The summed E-state index contributed by atoms with van der Waals surface area (Å²) in [5.41, 5.74) is 0.575. The minimum absolute atomic E-state index is 0.168. The van der Waals surface area contributed by atoms with Crippen molar-refractivity contribution < 1.29 is 35.0 Å². The summed E-state index contributed by atoms with van der Waals surface area (Å²) < 4.78 is 12.1. The standard InChI is InChI=1S/C16H30N4O7/c1-26-5-3-7-27-6-2-4-20-9-10(18-19-20)8-17-11-12(21)14(23)16(25)15(24)13(11)22/h9,11-17,21-25H,2-8H2,1H3/t11?,12-,13+,14+,15-,16?. The van der Waals surface area contributed by atoms with Gasteiger partial charge in [0.05, 0.1) is 11.7 Å². The van der Waals surface area contributed by atoms with Gasteiger partial charge in [-0.1, -0.05) is 5.21 Å². The lowest BCUT2D eigenvalue weighted by Crippen LogP contribution is -2.67. The van der Waals surface area contributed by atoms with Gasteiger partial charge in [0.25, 0.3) is 0 Å². The number of ether oxygens (including phenoxy) is 2. The van der Waals surface area contributed by atoms with Gasteiger partial charge in [0.2, 0.25) is 0 Å². The van der Waals surface area contributed by atoms with Gasteiger partial charge in [0.15, 0.2) is 0 Å². The van der Waals surface area contributed by atoms with Crippen LogP contribution in [0.25, 0.3) is 0 Å². The maximum atomic E-state index is 9.99. The molecule has 11 nitrogen and oxygen atoms in total. The molecule has 6 atom stereocenters. The quantitative estimate of drug-likeness (QED) is 0.215. The van der Waals surface area contributed by atoms with Crippen LogP contribution in [-0.4, -0.2) is 104 Å². The molecular formula is C16H30N4O7. The maximum Gasteiger partial charge on any atom is 0.111 e. The molecule has 156 valence electrons. The molecule has 11 heteroatoms. The first-order valence-electron chi connectivity index (χ1n) is 9.05. The third-order valence-electron chi connectivity index (χ3n) is 4.55. The second-order valence-corrected chi connectivity index (χ2v) is 6.64. The summed E-state index contributed by atoms with van der Waals surface area (Å²) in [5.74, 6) is 0. The van der Waals surface area contributed by atoms with E-state index < -0.39 is 36.6 Å². The van der Waals surface area contributed by atoms with Gasteiger partial charge in [0.1, 0.15) is 30.5 Å². The number of hydrogen-bond donors (Lipinski definition) is 6. The van der Waals surface area contributed by atoms with Crippen LogP contribution in [0.2, 0.25) is 0 Å². The number of rotatable bonds is 11. The Morgan fingerprint density at radius 3 is 2.26 bits per heavy atom. The molecule has 1 aromatic rings. The zero-order valence-electron chi connectivity index (χ0n) is 15.4. The lowest BCUT2D eigenvalue weighted by atomic mass is 9.83. The Morgan fingerprint density at radius 1 is 0.963 bits per heavy atom. The number of nitrogens with zero attached hydrogens (tertiary/aromatic N) is 3. The summed E-state index contributed by atoms with van der Waals surface area (Å²) in [6, 6.07) is -1.01. The number of aliphatic hydroxyl groups is 5. The fraction of sp³-hybridized carbons (Fsp3) is 0.875. The molecule has 0 radical (unpaired) electrons. The summed E-state index contributed by atoms with van der Waals surface area (Å²) in [5, 5.41) is 59.9. The highest BCUT2D eigenvalue weighted by Crippen LogP contribution is 2.21. The van der Waals surface area contributed by atoms with E-state index in [0.29, 0.717) is 32.1 Å². The molecule has 1 fully saturated rings. The van der Waals surface area contributed by atoms with E-state index in [-0.39, 0.29) is 6.54 Å². The molecule has 27 heavy (non-hydrogen) atoms. The predicted molar refractivity (Wildman–Crippen MR) is 92.6 cm³/mol. The van der Waals surface area contributed by atoms with E-state index >= 15 is 0 Å². The lowest BCUT2D eigenvalue weighted by molar-refractivity contribution is -0.190. The first kappa shape index (κ1) is 22.1. The second-order valence-electron chi connectivity index (χ2n) is 6.64. The van der Waals surface area contributed by atoms with Crippen LogP contribution >= 0.6 is 0 Å². The van der Waals surface area contributed by atoms with Gasteiger partial charge in [0, 0.05) is 46.2 Å². The molecule has 1 aliphatic carbocycles. The fourth-order valence-electron chi connectivity index (χ4n) is 2.96. The maximum absolute atomic E-state index is 9.99. The van der Waals surface area contributed by atoms with Crippen LogP contribution < -0.4 is 5.32 Å². The Kier molecular flexibility index (Phi) is 8.99. The van der Waals surface area contributed by atoms with Crippen LogP contribution in [0.1, 0.15) is 18.5 Å². The number of nitrogens with one attached hydrogen (secondary N) is 1. The van der Waals surface area contributed by atoms with Crippen molar-refractivity contribution in [2.75, 3.05) is 26.9 Å². The number of aliphatic hydroxyl groups excluding tert-OH is 5. The molecule has 2 unspecified atom stereocenters. The Labute approximate surface area is 157 Å². The molecule has 0 aromatic carbocycles. The van der Waals surface area contributed by atoms with E-state index in [2.05, 4.69) is 15.6 Å². The highest BCUT2D eigenvalue weighted by atomic mass is 16.5. The fourth-order valence-corrected chi connectivity index (χ4v) is 2.96. The number of hydrogen-bond acceptors (Lipinski definition) is 10. The van der Waals surface area contributed by atoms with Crippen LogP contribution in [0.5, 0.6) is 0 Å². The Hall–Kier alpha value is -1.18. The van der Waals surface area contributed by atoms with Gasteiger partial charge in [-0.2, -0.15) is 0 Å². The van der Waals surface area contributed by atoms with Gasteiger partial charge in [-0.25, -0.2) is 0 Å². The minimum Gasteiger partial charge on any atom is -0.389 e. The molecule has 1 saturated carbocycles. The summed E-state index contributed by atoms with van der Waals surface area (Å²) in [4.78, 5) is 0. The highest BCUT2D eigenvalue weighted by Gasteiger charge is 2.47. The van der Waals surface area contributed by atoms with Crippen molar-refractivity contribution in [3.8, 4) is 0 Å². The van der Waals surface area contributed by atoms with E-state index in [1.807, 2.05) is 0 Å². The van der Waals surface area contributed by atoms with Crippen LogP contribution in [0, 0.1) is 0 Å². The third kappa shape index (κ3) is 6.16. The van der Waals surface area contributed by atoms with Gasteiger partial charge < -0.3 is 40.3 Å². The first-order chi connectivity index (χ1) is 13.0. The molecule has 1 aliphatic rings. The molecule has 2 rings (SSSR count). The van der Waals surface area contributed by atoms with Crippen molar-refractivity contribution >= 4 is 0 Å². The monoisotopic (exact) mass is 390 g/mol. The largest absolute Gasteiger partial charge is 0.389 e. The summed E-state index contributed by atoms with van der Waals surface area (Å²) in [7, 11) is 1.65. The average Bonchev–Trinajstić information content (AvgIpc) is 3.12. The van der Waals surface area contributed by atoms with Crippen molar-refractivity contribution in [3.05, 3.63) is 11.9 Å². The molecule has 1 heterocycles. The predicted octanol–water partition coefficient (Wildman–Crippen LogP) is -3.00. The van der Waals surface area contributed by atoms with Crippen molar-refractivity contribution in [1.82, 2.24) is 20.3 Å². The number of aromatic nitrogens is 3. The van der Waals surface area contributed by atoms with E-state index in [0.717, 1.165) is 12.8 Å². The van der Waals surface area contributed by atoms with Crippen LogP contribution in [0.4, 0.5) is 0 Å². The molecule has 6 N–H and O–H groups in total. The zero-order chi connectivity index (χ0) is 19.8. The van der Waals surface area contributed by atoms with E-state index in [9.17, 15) is 25.5 Å². The van der Waals surface area contributed by atoms with Crippen LogP contribution in [0.3, 0.4) is 0 Å². The lowest BCUT2D eigenvalue weighted by Gasteiger charge is -2.42. The van der Waals surface area contributed by atoms with Gasteiger partial charge in [-0.3, -0.25) is 4.68 Å². The molecule has 0 spiro atoms. The van der Waals surface area contributed by atoms with Gasteiger partial charge in [-0.05, 0) is 12.8 Å². The van der Waals surface area contributed by atoms with Crippen molar-refractivity contribution in [2.24, 2.45) is 0 Å². The molecule has 0 aliphatic heterocycles. The topological polar surface area (TPSA) is 162 Å². The van der Waals surface area contributed by atoms with Crippen LogP contribution in [0.15, 0.2) is 6.20 Å². The average molecular weight is 390 g/mol. The molecule has 0 bridgehead atoms. The third-order valence-corrected chi connectivity index (χ3v) is 4.55. The van der Waals surface area contributed by atoms with E-state index in [1.54, 1.807) is 18.0 Å². The van der Waals surface area contributed by atoms with Crippen molar-refractivity contribution in [2.45, 2.75) is 62.5 Å². The van der Waals surface area contributed by atoms with E-state index in [1.165, 1.54) is 0 Å². The zero-order valence-corrected chi connectivity index (χ0v) is 15.4. The molecular weight excluding hydrogens is 360 g/mol.